The summed E-state index contributed by atoms with van der Waals surface area (Å²) in [6.45, 7) is 7.36. The van der Waals surface area contributed by atoms with Gasteiger partial charge in [-0.05, 0) is 52.5 Å². The largest absolute Gasteiger partial charge is 0.353 e. The Bertz CT molecular complexity index is 921. The number of amides is 2. The van der Waals surface area contributed by atoms with Crippen molar-refractivity contribution < 1.29 is 9.59 Å². The maximum Gasteiger partial charge on any atom is 0.255 e. The molecule has 7 nitrogen and oxygen atoms in total. The van der Waals surface area contributed by atoms with Gasteiger partial charge < -0.3 is 10.2 Å². The number of likely N-dealkylation sites (tertiary alicyclic amines) is 1. The average Bonchev–Trinajstić information content (AvgIpc) is 3.17. The summed E-state index contributed by atoms with van der Waals surface area (Å²) in [6.07, 6.45) is 9.02. The first-order valence-corrected chi connectivity index (χ1v) is 11.4. The van der Waals surface area contributed by atoms with Gasteiger partial charge in [0.15, 0.2) is 5.65 Å². The fraction of sp³-hybridized carbons (Fsp3) is 0.652. The zero-order valence-corrected chi connectivity index (χ0v) is 18.4. The quantitative estimate of drug-likeness (QED) is 0.833. The highest BCUT2D eigenvalue weighted by Gasteiger charge is 2.28. The first-order valence-electron chi connectivity index (χ1n) is 11.4. The Morgan fingerprint density at radius 1 is 1.10 bits per heavy atom. The number of fused-ring (bicyclic) bond motifs is 1. The van der Waals surface area contributed by atoms with Crippen molar-refractivity contribution >= 4 is 22.8 Å². The minimum absolute atomic E-state index is 0.0243. The van der Waals surface area contributed by atoms with Crippen molar-refractivity contribution in [1.82, 2.24) is 25.0 Å². The van der Waals surface area contributed by atoms with E-state index < -0.39 is 0 Å². The van der Waals surface area contributed by atoms with Gasteiger partial charge in [-0.3, -0.25) is 9.59 Å². The Hall–Kier alpha value is -2.44. The van der Waals surface area contributed by atoms with Crippen LogP contribution in [0.3, 0.4) is 0 Å². The van der Waals surface area contributed by atoms with Gasteiger partial charge in [-0.2, -0.15) is 5.10 Å². The van der Waals surface area contributed by atoms with Crippen LogP contribution in [0.4, 0.5) is 0 Å². The van der Waals surface area contributed by atoms with Crippen LogP contribution in [0, 0.1) is 12.8 Å². The minimum atomic E-state index is 0.0243. The van der Waals surface area contributed by atoms with E-state index in [1.165, 1.54) is 19.3 Å². The molecule has 2 aromatic rings. The molecule has 2 amide bonds. The summed E-state index contributed by atoms with van der Waals surface area (Å²) in [5.41, 5.74) is 2.21. The molecule has 1 N–H and O–H groups in total. The lowest BCUT2D eigenvalue weighted by molar-refractivity contribution is -0.126. The van der Waals surface area contributed by atoms with Crippen molar-refractivity contribution in [3.8, 4) is 0 Å². The van der Waals surface area contributed by atoms with Gasteiger partial charge in [0.1, 0.15) is 0 Å². The molecule has 0 radical (unpaired) electrons. The molecule has 1 aliphatic heterocycles. The SMILES string of the molecule is Cc1nc2c(cnn2C(C)C)cc1C(=O)N1CCC(NC(=O)C2CCCCC2)CC1. The average molecular weight is 412 g/mol. The van der Waals surface area contributed by atoms with E-state index in [9.17, 15) is 9.59 Å². The predicted octanol–water partition coefficient (Wildman–Crippen LogP) is 3.62. The van der Waals surface area contributed by atoms with Crippen LogP contribution in [0.2, 0.25) is 0 Å². The molecule has 3 heterocycles. The molecule has 4 rings (SSSR count). The number of piperidine rings is 1. The summed E-state index contributed by atoms with van der Waals surface area (Å²) in [5, 5.41) is 8.55. The van der Waals surface area contributed by atoms with Gasteiger partial charge >= 0.3 is 0 Å². The van der Waals surface area contributed by atoms with Gasteiger partial charge in [0.2, 0.25) is 5.91 Å². The Morgan fingerprint density at radius 2 is 1.80 bits per heavy atom. The molecule has 1 aliphatic carbocycles. The third-order valence-electron chi connectivity index (χ3n) is 6.58. The van der Waals surface area contributed by atoms with Crippen molar-refractivity contribution in [2.75, 3.05) is 13.1 Å². The smallest absolute Gasteiger partial charge is 0.255 e. The fourth-order valence-electron chi connectivity index (χ4n) is 4.74. The van der Waals surface area contributed by atoms with Crippen LogP contribution in [-0.4, -0.2) is 50.6 Å². The van der Waals surface area contributed by atoms with E-state index in [1.807, 2.05) is 22.6 Å². The lowest BCUT2D eigenvalue weighted by Gasteiger charge is -2.33. The summed E-state index contributed by atoms with van der Waals surface area (Å²) >= 11 is 0. The number of hydrogen-bond donors (Lipinski definition) is 1. The zero-order valence-electron chi connectivity index (χ0n) is 18.4. The molecule has 0 bridgehead atoms. The topological polar surface area (TPSA) is 80.1 Å². The van der Waals surface area contributed by atoms with Gasteiger partial charge in [-0.25, -0.2) is 9.67 Å². The molecular weight excluding hydrogens is 378 g/mol. The Kier molecular flexibility index (Phi) is 6.06. The molecule has 162 valence electrons. The highest BCUT2D eigenvalue weighted by Crippen LogP contribution is 2.25. The van der Waals surface area contributed by atoms with E-state index in [0.717, 1.165) is 42.4 Å². The van der Waals surface area contributed by atoms with Crippen molar-refractivity contribution in [3.63, 3.8) is 0 Å². The third-order valence-corrected chi connectivity index (χ3v) is 6.58. The van der Waals surface area contributed by atoms with Gasteiger partial charge in [0, 0.05) is 36.5 Å². The van der Waals surface area contributed by atoms with Crippen LogP contribution in [0.1, 0.15) is 80.9 Å². The highest BCUT2D eigenvalue weighted by molar-refractivity contribution is 5.98. The number of nitrogens with one attached hydrogen (secondary N) is 1. The van der Waals surface area contributed by atoms with E-state index in [1.54, 1.807) is 6.20 Å². The number of aromatic nitrogens is 3. The Labute approximate surface area is 178 Å². The van der Waals surface area contributed by atoms with Crippen LogP contribution in [0.5, 0.6) is 0 Å². The molecule has 0 aromatic carbocycles. The molecule has 30 heavy (non-hydrogen) atoms. The fourth-order valence-corrected chi connectivity index (χ4v) is 4.74. The minimum Gasteiger partial charge on any atom is -0.353 e. The van der Waals surface area contributed by atoms with Crippen LogP contribution >= 0.6 is 0 Å². The van der Waals surface area contributed by atoms with E-state index in [4.69, 9.17) is 0 Å². The second-order valence-corrected chi connectivity index (χ2v) is 9.13. The monoisotopic (exact) mass is 411 g/mol. The number of carbonyl (C=O) groups excluding carboxylic acids is 2. The van der Waals surface area contributed by atoms with Crippen molar-refractivity contribution in [2.45, 2.75) is 77.8 Å². The second kappa shape index (κ2) is 8.74. The van der Waals surface area contributed by atoms with Gasteiger partial charge in [0.05, 0.1) is 17.5 Å². The highest BCUT2D eigenvalue weighted by atomic mass is 16.2. The molecule has 2 aromatic heterocycles. The summed E-state index contributed by atoms with van der Waals surface area (Å²) in [6, 6.07) is 2.32. The van der Waals surface area contributed by atoms with Crippen molar-refractivity contribution in [1.29, 1.82) is 0 Å². The molecule has 0 unspecified atom stereocenters. The first-order chi connectivity index (χ1) is 14.4. The summed E-state index contributed by atoms with van der Waals surface area (Å²) in [5.74, 6) is 0.425. The number of aryl methyl sites for hydroxylation is 1. The second-order valence-electron chi connectivity index (χ2n) is 9.13. The lowest BCUT2D eigenvalue weighted by Crippen LogP contribution is -2.48. The predicted molar refractivity (Wildman–Crippen MR) is 116 cm³/mol. The van der Waals surface area contributed by atoms with Crippen molar-refractivity contribution in [3.05, 3.63) is 23.5 Å². The third kappa shape index (κ3) is 4.20. The summed E-state index contributed by atoms with van der Waals surface area (Å²) < 4.78 is 1.89. The molecule has 2 aliphatic rings. The molecular formula is C23H33N5O2. The maximum atomic E-state index is 13.2. The molecule has 0 atom stereocenters. The standard InChI is InChI=1S/C23H33N5O2/c1-15(2)28-21-18(14-24-28)13-20(16(3)25-21)23(30)27-11-9-19(10-12-27)26-22(29)17-7-5-4-6-8-17/h13-15,17,19H,4-12H2,1-3H3,(H,26,29). The van der Waals surface area contributed by atoms with Crippen LogP contribution < -0.4 is 5.32 Å². The molecule has 7 heteroatoms. The molecule has 1 saturated carbocycles. The molecule has 2 fully saturated rings. The van der Waals surface area contributed by atoms with E-state index in [-0.39, 0.29) is 29.8 Å². The summed E-state index contributed by atoms with van der Waals surface area (Å²) in [7, 11) is 0. The van der Waals surface area contributed by atoms with E-state index in [0.29, 0.717) is 18.7 Å². The number of carbonyl (C=O) groups is 2. The first kappa shape index (κ1) is 20.8. The number of hydrogen-bond acceptors (Lipinski definition) is 4. The van der Waals surface area contributed by atoms with Gasteiger partial charge in [-0.15, -0.1) is 0 Å². The van der Waals surface area contributed by atoms with E-state index >= 15 is 0 Å². The number of pyridine rings is 1. The van der Waals surface area contributed by atoms with Crippen molar-refractivity contribution in [2.24, 2.45) is 5.92 Å². The molecule has 1 saturated heterocycles. The van der Waals surface area contributed by atoms with Crippen LogP contribution in [-0.2, 0) is 4.79 Å². The lowest BCUT2D eigenvalue weighted by atomic mass is 9.88. The zero-order chi connectivity index (χ0) is 21.3. The van der Waals surface area contributed by atoms with Crippen LogP contribution in [0.15, 0.2) is 12.3 Å². The summed E-state index contributed by atoms with van der Waals surface area (Å²) in [4.78, 5) is 32.2. The van der Waals surface area contributed by atoms with Crippen LogP contribution in [0.25, 0.3) is 11.0 Å². The number of nitrogens with zero attached hydrogens (tertiary/aromatic N) is 4. The maximum absolute atomic E-state index is 13.2. The van der Waals surface area contributed by atoms with E-state index in [2.05, 4.69) is 29.2 Å². The number of rotatable bonds is 4. The van der Waals surface area contributed by atoms with Gasteiger partial charge in [-0.1, -0.05) is 19.3 Å². The Morgan fingerprint density at radius 3 is 2.47 bits per heavy atom. The Balaban J connectivity index is 1.38. The molecule has 0 spiro atoms. The normalized spacial score (nSPS) is 18.9. The van der Waals surface area contributed by atoms with Gasteiger partial charge in [0.25, 0.3) is 5.91 Å².